The van der Waals surface area contributed by atoms with Crippen molar-refractivity contribution in [2.75, 3.05) is 13.7 Å². The van der Waals surface area contributed by atoms with Gasteiger partial charge in [0, 0.05) is 17.1 Å². The lowest BCUT2D eigenvalue weighted by Gasteiger charge is -2.25. The van der Waals surface area contributed by atoms with Crippen molar-refractivity contribution in [2.24, 2.45) is 0 Å². The fraction of sp³-hybridized carbons (Fsp3) is 0.200. The van der Waals surface area contributed by atoms with E-state index in [1.165, 1.54) is 0 Å². The average molecular weight is 383 g/mol. The van der Waals surface area contributed by atoms with Crippen LogP contribution in [0.1, 0.15) is 22.2 Å². The van der Waals surface area contributed by atoms with Crippen molar-refractivity contribution in [3.05, 3.63) is 70.9 Å². The molecule has 7 heteroatoms. The van der Waals surface area contributed by atoms with E-state index in [0.29, 0.717) is 23.8 Å². The average Bonchev–Trinajstić information content (AvgIpc) is 3.14. The minimum atomic E-state index is -0.135. The second kappa shape index (κ2) is 7.42. The first-order chi connectivity index (χ1) is 13.1. The number of aromatic nitrogens is 2. The fourth-order valence-corrected chi connectivity index (χ4v) is 3.32. The largest absolute Gasteiger partial charge is 0.497 e. The molecule has 1 amide bonds. The Hall–Kier alpha value is -2.83. The number of hydrogen-bond donors (Lipinski definition) is 2. The highest BCUT2D eigenvalue weighted by molar-refractivity contribution is 6.30. The summed E-state index contributed by atoms with van der Waals surface area (Å²) in [4.78, 5) is 12.3. The van der Waals surface area contributed by atoms with Crippen LogP contribution in [0.5, 0.6) is 5.75 Å². The van der Waals surface area contributed by atoms with Crippen molar-refractivity contribution in [1.29, 1.82) is 0 Å². The number of amides is 1. The van der Waals surface area contributed by atoms with Crippen molar-refractivity contribution in [3.8, 4) is 17.0 Å². The van der Waals surface area contributed by atoms with Crippen molar-refractivity contribution in [2.45, 2.75) is 12.7 Å². The number of nitrogens with zero attached hydrogens (tertiary/aromatic N) is 2. The van der Waals surface area contributed by atoms with Crippen molar-refractivity contribution in [1.82, 2.24) is 20.4 Å². The molecule has 2 N–H and O–H groups in total. The summed E-state index contributed by atoms with van der Waals surface area (Å²) in [6.07, 6.45) is -0.135. The third-order valence-electron chi connectivity index (χ3n) is 4.54. The fourth-order valence-electron chi connectivity index (χ4n) is 3.11. The van der Waals surface area contributed by atoms with E-state index in [1.54, 1.807) is 11.8 Å². The van der Waals surface area contributed by atoms with Crippen molar-refractivity contribution < 1.29 is 9.53 Å². The van der Waals surface area contributed by atoms with E-state index in [-0.39, 0.29) is 12.1 Å². The molecule has 0 bridgehead atoms. The van der Waals surface area contributed by atoms with E-state index in [4.69, 9.17) is 16.3 Å². The van der Waals surface area contributed by atoms with E-state index in [9.17, 15) is 4.79 Å². The van der Waals surface area contributed by atoms with Crippen LogP contribution in [0.15, 0.2) is 54.6 Å². The second-order valence-electron chi connectivity index (χ2n) is 6.32. The van der Waals surface area contributed by atoms with Gasteiger partial charge in [-0.25, -0.2) is 4.68 Å². The van der Waals surface area contributed by atoms with Gasteiger partial charge in [0.15, 0.2) is 0 Å². The first-order valence-electron chi connectivity index (χ1n) is 8.64. The predicted octanol–water partition coefficient (Wildman–Crippen LogP) is 3.24. The summed E-state index contributed by atoms with van der Waals surface area (Å²) in [5.41, 5.74) is 3.29. The molecule has 1 aliphatic rings. The molecule has 0 spiro atoms. The lowest BCUT2D eigenvalue weighted by molar-refractivity contribution is 0.0900. The van der Waals surface area contributed by atoms with Crippen LogP contribution >= 0.6 is 11.6 Å². The number of fused-ring (bicyclic) bond motifs is 1. The van der Waals surface area contributed by atoms with E-state index < -0.39 is 0 Å². The number of halogens is 1. The minimum absolute atomic E-state index is 0.122. The smallest absolute Gasteiger partial charge is 0.269 e. The zero-order valence-corrected chi connectivity index (χ0v) is 15.5. The zero-order chi connectivity index (χ0) is 18.8. The quantitative estimate of drug-likeness (QED) is 0.710. The van der Waals surface area contributed by atoms with Crippen LogP contribution in [0.25, 0.3) is 11.3 Å². The highest BCUT2D eigenvalue weighted by Crippen LogP contribution is 2.25. The molecule has 0 saturated heterocycles. The number of ether oxygens (including phenoxy) is 1. The molecular formula is C20H19ClN4O2. The molecule has 0 fully saturated rings. The van der Waals surface area contributed by atoms with Crippen LogP contribution in [0.2, 0.25) is 5.02 Å². The van der Waals surface area contributed by atoms with Gasteiger partial charge in [-0.05, 0) is 48.0 Å². The lowest BCUT2D eigenvalue weighted by atomic mass is 10.1. The molecule has 3 aromatic rings. The molecule has 27 heavy (non-hydrogen) atoms. The number of rotatable bonds is 5. The molecule has 1 aromatic heterocycles. The molecule has 0 saturated carbocycles. The molecule has 4 rings (SSSR count). The number of nitrogens with one attached hydrogen (secondary N) is 2. The van der Waals surface area contributed by atoms with Crippen molar-refractivity contribution in [3.63, 3.8) is 0 Å². The maximum atomic E-state index is 12.3. The van der Waals surface area contributed by atoms with Crippen LogP contribution < -0.4 is 15.4 Å². The maximum absolute atomic E-state index is 12.3. The zero-order valence-electron chi connectivity index (χ0n) is 14.8. The topological polar surface area (TPSA) is 68.2 Å². The molecule has 0 aliphatic carbocycles. The molecule has 2 aromatic carbocycles. The van der Waals surface area contributed by atoms with Gasteiger partial charge in [0.2, 0.25) is 0 Å². The van der Waals surface area contributed by atoms with Gasteiger partial charge < -0.3 is 10.1 Å². The Morgan fingerprint density at radius 1 is 1.26 bits per heavy atom. The molecule has 2 heterocycles. The third-order valence-corrected chi connectivity index (χ3v) is 4.77. The number of hydrogen-bond acceptors (Lipinski definition) is 4. The van der Waals surface area contributed by atoms with Gasteiger partial charge in [-0.15, -0.1) is 0 Å². The van der Waals surface area contributed by atoms with Gasteiger partial charge in [0.1, 0.15) is 17.6 Å². The van der Waals surface area contributed by atoms with Crippen LogP contribution in [-0.4, -0.2) is 29.3 Å². The van der Waals surface area contributed by atoms with Crippen LogP contribution in [-0.2, 0) is 6.54 Å². The normalized spacial score (nSPS) is 15.9. The standard InChI is InChI=1S/C20H19ClN4O2/c1-27-16-7-5-14(6-8-16)17-10-18-20(26)23-12-19(25(18)24-17)22-11-13-3-2-4-15(21)9-13/h2-10,19,22H,11-12H2,1H3,(H,23,26)/t19-/m1/s1. The molecule has 0 radical (unpaired) electrons. The van der Waals surface area contributed by atoms with E-state index in [1.807, 2.05) is 54.6 Å². The highest BCUT2D eigenvalue weighted by atomic mass is 35.5. The van der Waals surface area contributed by atoms with Gasteiger partial charge >= 0.3 is 0 Å². The van der Waals surface area contributed by atoms with Gasteiger partial charge in [-0.3, -0.25) is 10.1 Å². The maximum Gasteiger partial charge on any atom is 0.269 e. The molecule has 1 aliphatic heterocycles. The number of carbonyl (C=O) groups excluding carboxylic acids is 1. The Balaban J connectivity index is 1.57. The summed E-state index contributed by atoms with van der Waals surface area (Å²) < 4.78 is 6.95. The molecular weight excluding hydrogens is 364 g/mol. The van der Waals surface area contributed by atoms with Gasteiger partial charge in [0.05, 0.1) is 19.3 Å². The van der Waals surface area contributed by atoms with E-state index in [0.717, 1.165) is 22.6 Å². The second-order valence-corrected chi connectivity index (χ2v) is 6.76. The third kappa shape index (κ3) is 3.67. The Bertz CT molecular complexity index is 968. The predicted molar refractivity (Wildman–Crippen MR) is 104 cm³/mol. The Morgan fingerprint density at radius 2 is 2.07 bits per heavy atom. The summed E-state index contributed by atoms with van der Waals surface area (Å²) in [5, 5.41) is 11.7. The van der Waals surface area contributed by atoms with Crippen LogP contribution in [0, 0.1) is 0 Å². The monoisotopic (exact) mass is 382 g/mol. The Morgan fingerprint density at radius 3 is 2.81 bits per heavy atom. The van der Waals surface area contributed by atoms with Gasteiger partial charge in [-0.1, -0.05) is 23.7 Å². The molecule has 138 valence electrons. The summed E-state index contributed by atoms with van der Waals surface area (Å²) in [5.74, 6) is 0.657. The molecule has 6 nitrogen and oxygen atoms in total. The van der Waals surface area contributed by atoms with Crippen LogP contribution in [0.4, 0.5) is 0 Å². The minimum Gasteiger partial charge on any atom is -0.497 e. The summed E-state index contributed by atoms with van der Waals surface area (Å²) in [7, 11) is 1.63. The number of carbonyl (C=O) groups is 1. The Kier molecular flexibility index (Phi) is 4.83. The number of methoxy groups -OCH3 is 1. The van der Waals surface area contributed by atoms with Gasteiger partial charge in [0.25, 0.3) is 5.91 Å². The first kappa shape index (κ1) is 17.6. The van der Waals surface area contributed by atoms with E-state index >= 15 is 0 Å². The summed E-state index contributed by atoms with van der Waals surface area (Å²) in [6, 6.07) is 17.1. The molecule has 0 unspecified atom stereocenters. The first-order valence-corrected chi connectivity index (χ1v) is 9.02. The van der Waals surface area contributed by atoms with Gasteiger partial charge in [-0.2, -0.15) is 5.10 Å². The summed E-state index contributed by atoms with van der Waals surface area (Å²) >= 11 is 6.05. The van der Waals surface area contributed by atoms with Crippen LogP contribution in [0.3, 0.4) is 0 Å². The highest BCUT2D eigenvalue weighted by Gasteiger charge is 2.27. The Labute approximate surface area is 162 Å². The summed E-state index contributed by atoms with van der Waals surface area (Å²) in [6.45, 7) is 1.09. The van der Waals surface area contributed by atoms with Crippen molar-refractivity contribution >= 4 is 17.5 Å². The molecule has 1 atom stereocenters. The SMILES string of the molecule is COc1ccc(-c2cc3n(n2)[C@@H](NCc2cccc(Cl)c2)CNC3=O)cc1. The van der Waals surface area contributed by atoms with E-state index in [2.05, 4.69) is 15.7 Å². The number of benzene rings is 2. The lowest BCUT2D eigenvalue weighted by Crippen LogP contribution is -2.45.